The Kier molecular flexibility index (Phi) is 6.19. The van der Waals surface area contributed by atoms with E-state index < -0.39 is 10.9 Å². The Labute approximate surface area is 197 Å². The zero-order chi connectivity index (χ0) is 21.5. The number of rotatable bonds is 5. The molecule has 0 N–H and O–H groups in total. The van der Waals surface area contributed by atoms with Crippen molar-refractivity contribution in [3.05, 3.63) is 62.5 Å². The lowest BCUT2D eigenvalue weighted by Gasteiger charge is -2.35. The number of amides is 2. The predicted molar refractivity (Wildman–Crippen MR) is 125 cm³/mol. The van der Waals surface area contributed by atoms with E-state index in [1.807, 2.05) is 47.4 Å². The van der Waals surface area contributed by atoms with Crippen LogP contribution >= 0.6 is 43.6 Å². The van der Waals surface area contributed by atoms with Gasteiger partial charge < -0.3 is 14.5 Å². The van der Waals surface area contributed by atoms with Crippen molar-refractivity contribution in [1.82, 2.24) is 9.80 Å². The van der Waals surface area contributed by atoms with E-state index in [0.717, 1.165) is 32.2 Å². The Hall–Kier alpha value is -1.51. The number of hydrogen-bond donors (Lipinski definition) is 0. The first-order chi connectivity index (χ1) is 14.4. The largest absolute Gasteiger partial charge is 0.496 e. The van der Waals surface area contributed by atoms with E-state index in [-0.39, 0.29) is 11.8 Å². The summed E-state index contributed by atoms with van der Waals surface area (Å²) >= 11 is 8.66. The Morgan fingerprint density at radius 3 is 2.63 bits per heavy atom. The molecular weight excluding hydrogens is 532 g/mol. The van der Waals surface area contributed by atoms with Crippen LogP contribution in [0.25, 0.3) is 0 Å². The van der Waals surface area contributed by atoms with Crippen molar-refractivity contribution in [2.45, 2.75) is 30.3 Å². The first kappa shape index (κ1) is 21.7. The van der Waals surface area contributed by atoms with Crippen LogP contribution in [0, 0.1) is 0 Å². The first-order valence-electron chi connectivity index (χ1n) is 9.65. The second-order valence-corrected chi connectivity index (χ2v) is 10.7. The summed E-state index contributed by atoms with van der Waals surface area (Å²) < 4.78 is 7.37. The van der Waals surface area contributed by atoms with Gasteiger partial charge in [-0.3, -0.25) is 9.59 Å². The molecular formula is C22H22Br2N2O3S. The van der Waals surface area contributed by atoms with Gasteiger partial charge in [-0.2, -0.15) is 0 Å². The van der Waals surface area contributed by atoms with E-state index in [1.165, 1.54) is 0 Å². The van der Waals surface area contributed by atoms with E-state index in [0.29, 0.717) is 18.7 Å². The van der Waals surface area contributed by atoms with Crippen molar-refractivity contribution in [3.8, 4) is 5.75 Å². The van der Waals surface area contributed by atoms with Crippen molar-refractivity contribution in [2.75, 3.05) is 19.9 Å². The van der Waals surface area contributed by atoms with Crippen molar-refractivity contribution in [2.24, 2.45) is 0 Å². The minimum Gasteiger partial charge on any atom is -0.496 e. The summed E-state index contributed by atoms with van der Waals surface area (Å²) in [6, 6.07) is 13.4. The number of ether oxygens (including phenoxy) is 1. The minimum atomic E-state index is -0.461. The molecule has 2 aliphatic rings. The van der Waals surface area contributed by atoms with Crippen LogP contribution in [0.5, 0.6) is 5.75 Å². The van der Waals surface area contributed by atoms with Gasteiger partial charge in [0.15, 0.2) is 0 Å². The Balaban J connectivity index is 1.58. The lowest BCUT2D eigenvalue weighted by Crippen LogP contribution is -2.50. The number of fused-ring (bicyclic) bond motifs is 1. The number of thioether (sulfide) groups is 1. The van der Waals surface area contributed by atoms with Crippen LogP contribution in [-0.2, 0) is 21.0 Å². The molecule has 2 heterocycles. The molecule has 4 rings (SSSR count). The summed E-state index contributed by atoms with van der Waals surface area (Å²) in [6.45, 7) is 0.413. The van der Waals surface area contributed by atoms with Gasteiger partial charge in [-0.1, -0.05) is 44.0 Å². The Morgan fingerprint density at radius 2 is 1.93 bits per heavy atom. The number of methoxy groups -OCH3 is 1. The smallest absolute Gasteiger partial charge is 0.246 e. The maximum absolute atomic E-state index is 13.4. The molecule has 0 unspecified atom stereocenters. The molecule has 0 aromatic heterocycles. The monoisotopic (exact) mass is 552 g/mol. The Bertz CT molecular complexity index is 985. The molecule has 2 amide bonds. The molecule has 2 aromatic carbocycles. The van der Waals surface area contributed by atoms with Crippen molar-refractivity contribution < 1.29 is 14.3 Å². The van der Waals surface area contributed by atoms with Crippen molar-refractivity contribution in [1.29, 1.82) is 0 Å². The average Bonchev–Trinajstić information content (AvgIpc) is 3.27. The number of likely N-dealkylation sites (N-methyl/N-ethyl adjacent to an activating group) is 1. The van der Waals surface area contributed by atoms with Gasteiger partial charge in [0.05, 0.1) is 7.11 Å². The van der Waals surface area contributed by atoms with E-state index in [2.05, 4.69) is 31.9 Å². The summed E-state index contributed by atoms with van der Waals surface area (Å²) in [5, 5.41) is 0. The molecule has 2 aromatic rings. The standard InChI is InChI=1S/C22H22Br2N2O3S/c1-25(12-14-11-17(24)7-8-19(14)29-2)21(28)18-13-30-22(10-9-20(27)26(18)22)15-3-5-16(23)6-4-15/h3-8,11,18H,9-10,12-13H2,1-2H3/t18-,22+/m1/s1. The number of carbonyl (C=O) groups is 2. The fourth-order valence-corrected chi connectivity index (χ4v) is 6.61. The number of benzene rings is 2. The van der Waals surface area contributed by atoms with Crippen LogP contribution in [0.4, 0.5) is 0 Å². The van der Waals surface area contributed by atoms with Crippen LogP contribution in [0.2, 0.25) is 0 Å². The zero-order valence-corrected chi connectivity index (χ0v) is 20.7. The van der Waals surface area contributed by atoms with Crippen LogP contribution in [0.1, 0.15) is 24.0 Å². The summed E-state index contributed by atoms with van der Waals surface area (Å²) in [5.74, 6) is 1.34. The summed E-state index contributed by atoms with van der Waals surface area (Å²) in [7, 11) is 3.41. The van der Waals surface area contributed by atoms with Crippen LogP contribution in [-0.4, -0.2) is 47.6 Å². The number of carbonyl (C=O) groups excluding carboxylic acids is 2. The predicted octanol–water partition coefficient (Wildman–Crippen LogP) is 4.77. The molecule has 5 nitrogen and oxygen atoms in total. The highest BCUT2D eigenvalue weighted by molar-refractivity contribution is 9.10. The van der Waals surface area contributed by atoms with Gasteiger partial charge in [0.2, 0.25) is 11.8 Å². The third-order valence-corrected chi connectivity index (χ3v) is 8.35. The topological polar surface area (TPSA) is 49.9 Å². The van der Waals surface area contributed by atoms with E-state index in [1.54, 1.807) is 30.8 Å². The second kappa shape index (κ2) is 8.55. The molecule has 30 heavy (non-hydrogen) atoms. The van der Waals surface area contributed by atoms with Crippen molar-refractivity contribution in [3.63, 3.8) is 0 Å². The van der Waals surface area contributed by atoms with E-state index in [9.17, 15) is 9.59 Å². The highest BCUT2D eigenvalue weighted by Crippen LogP contribution is 2.54. The zero-order valence-electron chi connectivity index (χ0n) is 16.7. The quantitative estimate of drug-likeness (QED) is 0.535. The third kappa shape index (κ3) is 3.78. The molecule has 0 aliphatic carbocycles. The maximum atomic E-state index is 13.4. The molecule has 8 heteroatoms. The molecule has 2 fully saturated rings. The first-order valence-corrected chi connectivity index (χ1v) is 12.2. The van der Waals surface area contributed by atoms with Gasteiger partial charge in [0.25, 0.3) is 0 Å². The van der Waals surface area contributed by atoms with Gasteiger partial charge >= 0.3 is 0 Å². The maximum Gasteiger partial charge on any atom is 0.246 e. The molecule has 0 radical (unpaired) electrons. The normalized spacial score (nSPS) is 22.9. The third-order valence-electron chi connectivity index (χ3n) is 5.73. The molecule has 0 saturated carbocycles. The highest BCUT2D eigenvalue weighted by Gasteiger charge is 2.57. The molecule has 2 atom stereocenters. The molecule has 2 aliphatic heterocycles. The van der Waals surface area contributed by atoms with Crippen molar-refractivity contribution >= 4 is 55.4 Å². The SMILES string of the molecule is COc1ccc(Br)cc1CN(C)C(=O)[C@H]1CS[C@]2(c3ccc(Br)cc3)CCC(=O)N12. The van der Waals surface area contributed by atoms with Crippen LogP contribution in [0.15, 0.2) is 51.4 Å². The molecule has 158 valence electrons. The highest BCUT2D eigenvalue weighted by atomic mass is 79.9. The fourth-order valence-electron chi connectivity index (χ4n) is 4.29. The van der Waals surface area contributed by atoms with Gasteiger partial charge in [-0.25, -0.2) is 0 Å². The van der Waals surface area contributed by atoms with Crippen LogP contribution in [0.3, 0.4) is 0 Å². The van der Waals surface area contributed by atoms with Gasteiger partial charge in [-0.15, -0.1) is 11.8 Å². The lowest BCUT2D eigenvalue weighted by molar-refractivity contribution is -0.143. The second-order valence-electron chi connectivity index (χ2n) is 7.53. The minimum absolute atomic E-state index is 0.0428. The number of hydrogen-bond acceptors (Lipinski definition) is 4. The Morgan fingerprint density at radius 1 is 1.23 bits per heavy atom. The average molecular weight is 554 g/mol. The van der Waals surface area contributed by atoms with Crippen LogP contribution < -0.4 is 4.74 Å². The lowest BCUT2D eigenvalue weighted by atomic mass is 10.0. The molecule has 0 bridgehead atoms. The van der Waals surface area contributed by atoms with Gasteiger partial charge in [0.1, 0.15) is 16.7 Å². The van der Waals surface area contributed by atoms with Gasteiger partial charge in [0, 0.05) is 40.3 Å². The number of nitrogens with zero attached hydrogens (tertiary/aromatic N) is 2. The fraction of sp³-hybridized carbons (Fsp3) is 0.364. The summed E-state index contributed by atoms with van der Waals surface area (Å²) in [5.41, 5.74) is 1.99. The summed E-state index contributed by atoms with van der Waals surface area (Å²) in [4.78, 5) is 29.3. The van der Waals surface area contributed by atoms with E-state index >= 15 is 0 Å². The molecule has 2 saturated heterocycles. The molecule has 0 spiro atoms. The van der Waals surface area contributed by atoms with E-state index in [4.69, 9.17) is 4.74 Å². The summed E-state index contributed by atoms with van der Waals surface area (Å²) in [6.07, 6.45) is 1.20. The number of halogens is 2. The van der Waals surface area contributed by atoms with Gasteiger partial charge in [-0.05, 0) is 42.3 Å².